The third kappa shape index (κ3) is 1.76. The highest BCUT2D eigenvalue weighted by Crippen LogP contribution is 2.20. The standard InChI is InChI=1S/C11H11FN2O2/c1-7-8-3-2-4-9(12)11(8)14(13-7)6-5-10(15)16/h2-4H,5-6H2,1H3,(H,15,16). The molecule has 0 saturated carbocycles. The first-order valence-electron chi connectivity index (χ1n) is 4.93. The van der Waals surface area contributed by atoms with Crippen LogP contribution < -0.4 is 0 Å². The van der Waals surface area contributed by atoms with E-state index in [2.05, 4.69) is 5.10 Å². The summed E-state index contributed by atoms with van der Waals surface area (Å²) in [6.07, 6.45) is -0.0649. The minimum atomic E-state index is -0.919. The lowest BCUT2D eigenvalue weighted by Crippen LogP contribution is -2.06. The Morgan fingerprint density at radius 2 is 2.31 bits per heavy atom. The molecule has 0 bridgehead atoms. The molecule has 84 valence electrons. The highest BCUT2D eigenvalue weighted by molar-refractivity contribution is 5.82. The maximum atomic E-state index is 13.6. The molecule has 2 rings (SSSR count). The summed E-state index contributed by atoms with van der Waals surface area (Å²) in [7, 11) is 0. The van der Waals surface area contributed by atoms with Crippen LogP contribution in [0.3, 0.4) is 0 Å². The zero-order valence-electron chi connectivity index (χ0n) is 8.77. The van der Waals surface area contributed by atoms with E-state index in [1.807, 2.05) is 0 Å². The van der Waals surface area contributed by atoms with Gasteiger partial charge in [0.1, 0.15) is 11.3 Å². The highest BCUT2D eigenvalue weighted by Gasteiger charge is 2.11. The molecule has 0 aliphatic heterocycles. The zero-order valence-corrected chi connectivity index (χ0v) is 8.77. The molecule has 0 atom stereocenters. The van der Waals surface area contributed by atoms with Gasteiger partial charge in [-0.25, -0.2) is 4.39 Å². The Morgan fingerprint density at radius 1 is 1.56 bits per heavy atom. The van der Waals surface area contributed by atoms with Crippen molar-refractivity contribution in [3.63, 3.8) is 0 Å². The highest BCUT2D eigenvalue weighted by atomic mass is 19.1. The van der Waals surface area contributed by atoms with Gasteiger partial charge >= 0.3 is 5.97 Å². The van der Waals surface area contributed by atoms with Gasteiger partial charge in [-0.05, 0) is 13.0 Å². The molecule has 0 spiro atoms. The largest absolute Gasteiger partial charge is 0.481 e. The van der Waals surface area contributed by atoms with Crippen molar-refractivity contribution >= 4 is 16.9 Å². The van der Waals surface area contributed by atoms with Gasteiger partial charge in [-0.1, -0.05) is 12.1 Å². The molecule has 1 aromatic carbocycles. The van der Waals surface area contributed by atoms with Crippen LogP contribution in [0.15, 0.2) is 18.2 Å². The number of aromatic nitrogens is 2. The number of aryl methyl sites for hydroxylation is 2. The summed E-state index contributed by atoms with van der Waals surface area (Å²) in [5.74, 6) is -1.29. The lowest BCUT2D eigenvalue weighted by Gasteiger charge is -2.01. The summed E-state index contributed by atoms with van der Waals surface area (Å²) in [5.41, 5.74) is 1.08. The summed E-state index contributed by atoms with van der Waals surface area (Å²) in [6.45, 7) is 1.96. The maximum Gasteiger partial charge on any atom is 0.305 e. The fourth-order valence-electron chi connectivity index (χ4n) is 1.72. The summed E-state index contributed by atoms with van der Waals surface area (Å²) in [5, 5.41) is 13.5. The molecule has 5 heteroatoms. The summed E-state index contributed by atoms with van der Waals surface area (Å²) < 4.78 is 15.0. The molecule has 2 aromatic rings. The SMILES string of the molecule is Cc1nn(CCC(=O)O)c2c(F)cccc12. The zero-order chi connectivity index (χ0) is 11.7. The Morgan fingerprint density at radius 3 is 3.00 bits per heavy atom. The smallest absolute Gasteiger partial charge is 0.305 e. The fraction of sp³-hybridized carbons (Fsp3) is 0.273. The van der Waals surface area contributed by atoms with Crippen LogP contribution in [0.2, 0.25) is 0 Å². The van der Waals surface area contributed by atoms with Crippen LogP contribution in [0, 0.1) is 12.7 Å². The molecule has 16 heavy (non-hydrogen) atoms. The lowest BCUT2D eigenvalue weighted by atomic mass is 10.2. The lowest BCUT2D eigenvalue weighted by molar-refractivity contribution is -0.137. The molecular formula is C11H11FN2O2. The topological polar surface area (TPSA) is 55.1 Å². The number of halogens is 1. The summed E-state index contributed by atoms with van der Waals surface area (Å²) >= 11 is 0. The first kappa shape index (κ1) is 10.6. The number of nitrogens with zero attached hydrogens (tertiary/aromatic N) is 2. The fourth-order valence-corrected chi connectivity index (χ4v) is 1.72. The van der Waals surface area contributed by atoms with E-state index >= 15 is 0 Å². The predicted molar refractivity (Wildman–Crippen MR) is 56.7 cm³/mol. The Bertz CT molecular complexity index is 548. The van der Waals surface area contributed by atoms with Gasteiger partial charge in [-0.3, -0.25) is 9.48 Å². The van der Waals surface area contributed by atoms with E-state index in [-0.39, 0.29) is 18.8 Å². The van der Waals surface area contributed by atoms with Crippen molar-refractivity contribution in [2.24, 2.45) is 0 Å². The second kappa shape index (κ2) is 3.92. The molecule has 0 radical (unpaired) electrons. The molecule has 0 unspecified atom stereocenters. The van der Waals surface area contributed by atoms with Crippen molar-refractivity contribution in [2.75, 3.05) is 0 Å². The quantitative estimate of drug-likeness (QED) is 0.863. The van der Waals surface area contributed by atoms with Gasteiger partial charge in [0, 0.05) is 5.39 Å². The Labute approximate surface area is 91.3 Å². The van der Waals surface area contributed by atoms with Crippen LogP contribution in [-0.4, -0.2) is 20.9 Å². The van der Waals surface area contributed by atoms with E-state index in [9.17, 15) is 9.18 Å². The van der Waals surface area contributed by atoms with Crippen molar-refractivity contribution in [2.45, 2.75) is 19.9 Å². The van der Waals surface area contributed by atoms with Gasteiger partial charge in [0.15, 0.2) is 0 Å². The number of para-hydroxylation sites is 1. The van der Waals surface area contributed by atoms with Gasteiger partial charge in [0.25, 0.3) is 0 Å². The van der Waals surface area contributed by atoms with Gasteiger partial charge < -0.3 is 5.11 Å². The second-order valence-corrected chi connectivity index (χ2v) is 3.59. The van der Waals surface area contributed by atoms with E-state index in [4.69, 9.17) is 5.11 Å². The van der Waals surface area contributed by atoms with Crippen LogP contribution in [0.25, 0.3) is 10.9 Å². The average molecular weight is 222 g/mol. The first-order chi connectivity index (χ1) is 7.59. The molecule has 0 fully saturated rings. The van der Waals surface area contributed by atoms with Crippen molar-refractivity contribution in [3.8, 4) is 0 Å². The predicted octanol–water partition coefficient (Wildman–Crippen LogP) is 1.96. The molecule has 0 aliphatic rings. The number of carboxylic acids is 1. The van der Waals surface area contributed by atoms with E-state index in [0.29, 0.717) is 11.2 Å². The van der Waals surface area contributed by atoms with E-state index < -0.39 is 5.97 Å². The third-order valence-corrected chi connectivity index (χ3v) is 2.44. The minimum Gasteiger partial charge on any atom is -0.481 e. The second-order valence-electron chi connectivity index (χ2n) is 3.59. The van der Waals surface area contributed by atoms with Gasteiger partial charge in [0.05, 0.1) is 18.7 Å². The number of rotatable bonds is 3. The van der Waals surface area contributed by atoms with Crippen molar-refractivity contribution in [1.82, 2.24) is 9.78 Å². The molecule has 0 amide bonds. The number of carboxylic acid groups (broad SMARTS) is 1. The molecule has 4 nitrogen and oxygen atoms in total. The van der Waals surface area contributed by atoms with Crippen molar-refractivity contribution in [3.05, 3.63) is 29.7 Å². The van der Waals surface area contributed by atoms with Crippen LogP contribution >= 0.6 is 0 Å². The monoisotopic (exact) mass is 222 g/mol. The van der Waals surface area contributed by atoms with E-state index in [0.717, 1.165) is 5.39 Å². The van der Waals surface area contributed by atoms with E-state index in [1.54, 1.807) is 19.1 Å². The molecular weight excluding hydrogens is 211 g/mol. The maximum absolute atomic E-state index is 13.6. The molecule has 1 heterocycles. The Balaban J connectivity index is 2.49. The van der Waals surface area contributed by atoms with E-state index in [1.165, 1.54) is 10.7 Å². The Hall–Kier alpha value is -1.91. The number of hydrogen-bond acceptors (Lipinski definition) is 2. The van der Waals surface area contributed by atoms with Crippen LogP contribution in [0.5, 0.6) is 0 Å². The number of hydrogen-bond donors (Lipinski definition) is 1. The molecule has 0 aliphatic carbocycles. The Kier molecular flexibility index (Phi) is 2.60. The molecule has 0 saturated heterocycles. The normalized spacial score (nSPS) is 10.9. The molecule has 1 aromatic heterocycles. The number of carbonyl (C=O) groups is 1. The summed E-state index contributed by atoms with van der Waals surface area (Å²) in [4.78, 5) is 10.5. The molecule has 1 N–H and O–H groups in total. The van der Waals surface area contributed by atoms with Gasteiger partial charge in [-0.15, -0.1) is 0 Å². The third-order valence-electron chi connectivity index (χ3n) is 2.44. The van der Waals surface area contributed by atoms with Crippen LogP contribution in [0.4, 0.5) is 4.39 Å². The van der Waals surface area contributed by atoms with Crippen molar-refractivity contribution < 1.29 is 14.3 Å². The number of benzene rings is 1. The summed E-state index contributed by atoms with van der Waals surface area (Å²) in [6, 6.07) is 4.74. The van der Waals surface area contributed by atoms with Gasteiger partial charge in [0.2, 0.25) is 0 Å². The minimum absolute atomic E-state index is 0.0649. The van der Waals surface area contributed by atoms with Gasteiger partial charge in [-0.2, -0.15) is 5.10 Å². The van der Waals surface area contributed by atoms with Crippen molar-refractivity contribution in [1.29, 1.82) is 0 Å². The number of aliphatic carboxylic acids is 1. The first-order valence-corrected chi connectivity index (χ1v) is 4.93. The average Bonchev–Trinajstić information content (AvgIpc) is 2.55. The number of fused-ring (bicyclic) bond motifs is 1. The van der Waals surface area contributed by atoms with Crippen LogP contribution in [0.1, 0.15) is 12.1 Å². The van der Waals surface area contributed by atoms with Crippen LogP contribution in [-0.2, 0) is 11.3 Å².